The van der Waals surface area contributed by atoms with Crippen LogP contribution in [0.5, 0.6) is 0 Å². The first kappa shape index (κ1) is 9.75. The predicted octanol–water partition coefficient (Wildman–Crippen LogP) is 2.68. The van der Waals surface area contributed by atoms with Gasteiger partial charge in [0.1, 0.15) is 5.60 Å². The molecule has 0 spiro atoms. The van der Waals surface area contributed by atoms with Gasteiger partial charge in [0.2, 0.25) is 0 Å². The zero-order valence-corrected chi connectivity index (χ0v) is 9.17. The van der Waals surface area contributed by atoms with Crippen molar-refractivity contribution in [1.82, 2.24) is 0 Å². The number of rotatable bonds is 0. The van der Waals surface area contributed by atoms with Gasteiger partial charge in [0.15, 0.2) is 0 Å². The molecule has 0 aromatic heterocycles. The Morgan fingerprint density at radius 3 is 2.86 bits per heavy atom. The Bertz CT molecular complexity index is 289. The molecule has 0 aromatic rings. The van der Waals surface area contributed by atoms with Crippen molar-refractivity contribution >= 4 is 5.97 Å². The van der Waals surface area contributed by atoms with Crippen LogP contribution in [-0.4, -0.2) is 11.6 Å². The van der Waals surface area contributed by atoms with Crippen LogP contribution in [0, 0.1) is 11.8 Å². The number of hydrogen-bond acceptors (Lipinski definition) is 2. The van der Waals surface area contributed by atoms with Crippen LogP contribution < -0.4 is 0 Å². The monoisotopic (exact) mass is 194 g/mol. The molecule has 2 atom stereocenters. The average Bonchev–Trinajstić information content (AvgIpc) is 2.00. The maximum absolute atomic E-state index is 11.4. The van der Waals surface area contributed by atoms with E-state index < -0.39 is 0 Å². The molecule has 0 unspecified atom stereocenters. The molecule has 0 bridgehead atoms. The molecule has 2 rings (SSSR count). The number of carbonyl (C=O) groups is 1. The fraction of sp³-hybridized carbons (Fsp3) is 0.750. The molecule has 0 amide bonds. The van der Waals surface area contributed by atoms with E-state index >= 15 is 0 Å². The second kappa shape index (κ2) is 3.11. The van der Waals surface area contributed by atoms with Gasteiger partial charge in [-0.15, -0.1) is 0 Å². The number of hydrogen-bond donors (Lipinski definition) is 0. The molecule has 0 N–H and O–H groups in total. The van der Waals surface area contributed by atoms with Crippen LogP contribution in [0.1, 0.15) is 40.0 Å². The Morgan fingerprint density at radius 1 is 1.43 bits per heavy atom. The molecule has 78 valence electrons. The molecule has 1 fully saturated rings. The van der Waals surface area contributed by atoms with E-state index in [-0.39, 0.29) is 11.6 Å². The third-order valence-electron chi connectivity index (χ3n) is 3.57. The molecule has 0 aromatic carbocycles. The summed E-state index contributed by atoms with van der Waals surface area (Å²) in [7, 11) is 0. The minimum atomic E-state index is -0.267. The standard InChI is InChI=1S/C12H18O2/c1-8-4-5-10-9(6-8)7-11(13)14-12(10,2)3/h4,9-10H,5-7H2,1-3H3/t9-,10-/m1/s1. The van der Waals surface area contributed by atoms with Crippen molar-refractivity contribution in [3.05, 3.63) is 11.6 Å². The van der Waals surface area contributed by atoms with Gasteiger partial charge in [0.05, 0.1) is 0 Å². The van der Waals surface area contributed by atoms with Crippen LogP contribution >= 0.6 is 0 Å². The second-order valence-electron chi connectivity index (χ2n) is 5.14. The molecule has 1 aliphatic carbocycles. The summed E-state index contributed by atoms with van der Waals surface area (Å²) in [6, 6.07) is 0. The molecule has 14 heavy (non-hydrogen) atoms. The van der Waals surface area contributed by atoms with Gasteiger partial charge in [0, 0.05) is 12.3 Å². The first-order chi connectivity index (χ1) is 6.49. The van der Waals surface area contributed by atoms with Gasteiger partial charge >= 0.3 is 5.97 Å². The predicted molar refractivity (Wildman–Crippen MR) is 54.8 cm³/mol. The second-order valence-corrected chi connectivity index (χ2v) is 5.14. The Kier molecular flexibility index (Phi) is 2.17. The maximum Gasteiger partial charge on any atom is 0.306 e. The summed E-state index contributed by atoms with van der Waals surface area (Å²) < 4.78 is 5.41. The minimum Gasteiger partial charge on any atom is -0.459 e. The first-order valence-corrected chi connectivity index (χ1v) is 5.36. The number of fused-ring (bicyclic) bond motifs is 1. The summed E-state index contributed by atoms with van der Waals surface area (Å²) in [6.07, 6.45) is 5.04. The molecular formula is C12H18O2. The molecule has 1 heterocycles. The fourth-order valence-electron chi connectivity index (χ4n) is 2.85. The van der Waals surface area contributed by atoms with Gasteiger partial charge < -0.3 is 4.74 Å². The Morgan fingerprint density at radius 2 is 2.14 bits per heavy atom. The van der Waals surface area contributed by atoms with E-state index in [0.29, 0.717) is 18.3 Å². The lowest BCUT2D eigenvalue weighted by Gasteiger charge is -2.44. The van der Waals surface area contributed by atoms with Crippen molar-refractivity contribution in [2.24, 2.45) is 11.8 Å². The van der Waals surface area contributed by atoms with Gasteiger partial charge in [-0.1, -0.05) is 11.6 Å². The molecule has 2 aliphatic rings. The third kappa shape index (κ3) is 1.58. The molecule has 0 saturated carbocycles. The normalized spacial score (nSPS) is 35.6. The van der Waals surface area contributed by atoms with Crippen LogP contribution in [0.3, 0.4) is 0 Å². The zero-order chi connectivity index (χ0) is 10.3. The summed E-state index contributed by atoms with van der Waals surface area (Å²) in [4.78, 5) is 11.4. The molecular weight excluding hydrogens is 176 g/mol. The average molecular weight is 194 g/mol. The number of carbonyl (C=O) groups excluding carboxylic acids is 1. The summed E-state index contributed by atoms with van der Waals surface area (Å²) in [5, 5.41) is 0. The lowest BCUT2D eigenvalue weighted by molar-refractivity contribution is -0.177. The molecule has 0 radical (unpaired) electrons. The Balaban J connectivity index is 2.24. The van der Waals surface area contributed by atoms with Crippen molar-refractivity contribution in [3.63, 3.8) is 0 Å². The van der Waals surface area contributed by atoms with Crippen LogP contribution in [0.15, 0.2) is 11.6 Å². The largest absolute Gasteiger partial charge is 0.459 e. The lowest BCUT2D eigenvalue weighted by atomic mass is 9.69. The van der Waals surface area contributed by atoms with E-state index in [4.69, 9.17) is 4.74 Å². The maximum atomic E-state index is 11.4. The molecule has 2 heteroatoms. The van der Waals surface area contributed by atoms with E-state index in [1.54, 1.807) is 0 Å². The topological polar surface area (TPSA) is 26.3 Å². The van der Waals surface area contributed by atoms with Crippen molar-refractivity contribution < 1.29 is 9.53 Å². The zero-order valence-electron chi connectivity index (χ0n) is 9.17. The van der Waals surface area contributed by atoms with Crippen LogP contribution in [-0.2, 0) is 9.53 Å². The number of cyclic esters (lactones) is 1. The van der Waals surface area contributed by atoms with Gasteiger partial charge in [-0.3, -0.25) is 4.79 Å². The molecule has 1 saturated heterocycles. The molecule has 2 nitrogen and oxygen atoms in total. The van der Waals surface area contributed by atoms with E-state index in [0.717, 1.165) is 12.8 Å². The van der Waals surface area contributed by atoms with Crippen LogP contribution in [0.4, 0.5) is 0 Å². The van der Waals surface area contributed by atoms with Gasteiger partial charge in [-0.25, -0.2) is 0 Å². The van der Waals surface area contributed by atoms with Crippen molar-refractivity contribution in [2.75, 3.05) is 0 Å². The summed E-state index contributed by atoms with van der Waals surface area (Å²) >= 11 is 0. The van der Waals surface area contributed by atoms with E-state index in [2.05, 4.69) is 13.0 Å². The SMILES string of the molecule is CC1=CC[C@@H]2[C@@H](CC(=O)OC2(C)C)C1. The third-order valence-corrected chi connectivity index (χ3v) is 3.57. The summed E-state index contributed by atoms with van der Waals surface area (Å²) in [5.74, 6) is 1.01. The summed E-state index contributed by atoms with van der Waals surface area (Å²) in [6.45, 7) is 6.23. The minimum absolute atomic E-state index is 0.0223. The highest BCUT2D eigenvalue weighted by Crippen LogP contribution is 2.43. The highest BCUT2D eigenvalue weighted by molar-refractivity contribution is 5.71. The molecule has 1 aliphatic heterocycles. The van der Waals surface area contributed by atoms with Gasteiger partial charge in [-0.05, 0) is 39.5 Å². The number of esters is 1. The van der Waals surface area contributed by atoms with E-state index in [9.17, 15) is 4.79 Å². The Labute approximate surface area is 85.3 Å². The lowest BCUT2D eigenvalue weighted by Crippen LogP contribution is -2.47. The van der Waals surface area contributed by atoms with Gasteiger partial charge in [0.25, 0.3) is 0 Å². The van der Waals surface area contributed by atoms with E-state index in [1.807, 2.05) is 13.8 Å². The smallest absolute Gasteiger partial charge is 0.306 e. The van der Waals surface area contributed by atoms with Crippen molar-refractivity contribution in [2.45, 2.75) is 45.6 Å². The van der Waals surface area contributed by atoms with E-state index in [1.165, 1.54) is 5.57 Å². The van der Waals surface area contributed by atoms with Crippen molar-refractivity contribution in [1.29, 1.82) is 0 Å². The fourth-order valence-corrected chi connectivity index (χ4v) is 2.85. The first-order valence-electron chi connectivity index (χ1n) is 5.36. The van der Waals surface area contributed by atoms with Crippen molar-refractivity contribution in [3.8, 4) is 0 Å². The van der Waals surface area contributed by atoms with Crippen LogP contribution in [0.25, 0.3) is 0 Å². The summed E-state index contributed by atoms with van der Waals surface area (Å²) in [5.41, 5.74) is 1.16. The van der Waals surface area contributed by atoms with Gasteiger partial charge in [-0.2, -0.15) is 0 Å². The highest BCUT2D eigenvalue weighted by atomic mass is 16.6. The Hall–Kier alpha value is -0.790. The highest BCUT2D eigenvalue weighted by Gasteiger charge is 2.44. The number of ether oxygens (including phenoxy) is 1. The quantitative estimate of drug-likeness (QED) is 0.438. The number of allylic oxidation sites excluding steroid dienone is 2. The van der Waals surface area contributed by atoms with Crippen LogP contribution in [0.2, 0.25) is 0 Å².